The van der Waals surface area contributed by atoms with E-state index in [1.807, 2.05) is 44.2 Å². The van der Waals surface area contributed by atoms with Crippen LogP contribution in [0.5, 0.6) is 11.5 Å². The summed E-state index contributed by atoms with van der Waals surface area (Å²) in [5.74, 6) is 1.02. The second-order valence-corrected chi connectivity index (χ2v) is 8.89. The maximum Gasteiger partial charge on any atom is 0.266 e. The number of fused-ring (bicyclic) bond motifs is 1. The number of aryl methyl sites for hydroxylation is 1. The molecule has 0 N–H and O–H groups in total. The van der Waals surface area contributed by atoms with Gasteiger partial charge in [0.2, 0.25) is 0 Å². The van der Waals surface area contributed by atoms with Gasteiger partial charge < -0.3 is 9.47 Å². The zero-order chi connectivity index (χ0) is 23.5. The first kappa shape index (κ1) is 22.6. The molecule has 1 unspecified atom stereocenters. The summed E-state index contributed by atoms with van der Waals surface area (Å²) < 4.78 is 12.3. The van der Waals surface area contributed by atoms with E-state index >= 15 is 0 Å². The van der Waals surface area contributed by atoms with Gasteiger partial charge >= 0.3 is 0 Å². The van der Waals surface area contributed by atoms with Gasteiger partial charge in [0.1, 0.15) is 0 Å². The van der Waals surface area contributed by atoms with E-state index in [-0.39, 0.29) is 11.3 Å². The molecule has 0 aliphatic carbocycles. The molecule has 0 bridgehead atoms. The van der Waals surface area contributed by atoms with Crippen molar-refractivity contribution in [2.24, 2.45) is 0 Å². The molecule has 33 heavy (non-hydrogen) atoms. The Morgan fingerprint density at radius 2 is 1.67 bits per heavy atom. The van der Waals surface area contributed by atoms with Gasteiger partial charge in [-0.1, -0.05) is 53.7 Å². The lowest BCUT2D eigenvalue weighted by molar-refractivity contribution is 0.0994. The summed E-state index contributed by atoms with van der Waals surface area (Å²) in [5.41, 5.74) is 2.65. The molecule has 1 heterocycles. The second kappa shape index (κ2) is 9.50. The van der Waals surface area contributed by atoms with Crippen LogP contribution in [0.3, 0.4) is 0 Å². The topological polar surface area (TPSA) is 70.4 Å². The van der Waals surface area contributed by atoms with Gasteiger partial charge in [-0.05, 0) is 38.1 Å². The Morgan fingerprint density at radius 3 is 2.36 bits per heavy atom. The number of benzene rings is 3. The van der Waals surface area contributed by atoms with Crippen LogP contribution in [0, 0.1) is 6.92 Å². The Hall–Kier alpha value is -3.58. The van der Waals surface area contributed by atoms with E-state index in [0.29, 0.717) is 38.8 Å². The predicted molar refractivity (Wildman–Crippen MR) is 131 cm³/mol. The van der Waals surface area contributed by atoms with Crippen LogP contribution in [0.25, 0.3) is 16.6 Å². The van der Waals surface area contributed by atoms with Crippen LogP contribution in [-0.4, -0.2) is 34.8 Å². The van der Waals surface area contributed by atoms with Gasteiger partial charge in [0, 0.05) is 11.6 Å². The fourth-order valence-electron chi connectivity index (χ4n) is 3.55. The molecule has 0 aliphatic rings. The molecule has 168 valence electrons. The highest BCUT2D eigenvalue weighted by Crippen LogP contribution is 2.32. The molecule has 0 spiro atoms. The van der Waals surface area contributed by atoms with E-state index in [9.17, 15) is 9.59 Å². The number of Topliss-reactive ketones (excluding diaryl/α,β-unsaturated/α-hetero) is 1. The predicted octanol–water partition coefficient (Wildman–Crippen LogP) is 5.07. The third-order valence-electron chi connectivity index (χ3n) is 5.36. The number of thioether (sulfide) groups is 1. The van der Waals surface area contributed by atoms with Crippen LogP contribution >= 0.6 is 11.8 Å². The van der Waals surface area contributed by atoms with Crippen molar-refractivity contribution in [2.75, 3.05) is 14.2 Å². The molecule has 1 aromatic heterocycles. The zero-order valence-corrected chi connectivity index (χ0v) is 19.7. The van der Waals surface area contributed by atoms with Crippen molar-refractivity contribution >= 4 is 28.4 Å². The Bertz CT molecular complexity index is 1380. The SMILES string of the molecule is COc1ccc(-n2c(SC(C)C(=O)c3ccc(C)cc3)nc3ccccc3c2=O)cc1OC. The van der Waals surface area contributed by atoms with E-state index in [4.69, 9.17) is 14.5 Å². The van der Waals surface area contributed by atoms with Crippen LogP contribution in [0.2, 0.25) is 0 Å². The number of hydrogen-bond acceptors (Lipinski definition) is 6. The van der Waals surface area contributed by atoms with Gasteiger partial charge in [-0.2, -0.15) is 0 Å². The molecule has 4 aromatic rings. The normalized spacial score (nSPS) is 11.9. The molecule has 0 radical (unpaired) electrons. The standard InChI is InChI=1S/C26H24N2O4S/c1-16-9-11-18(12-10-16)24(29)17(2)33-26-27-21-8-6-5-7-20(21)25(30)28(26)19-13-14-22(31-3)23(15-19)32-4/h5-15,17H,1-4H3. The van der Waals surface area contributed by atoms with Gasteiger partial charge in [-0.3, -0.25) is 14.2 Å². The molecule has 0 fully saturated rings. The maximum atomic E-state index is 13.5. The maximum absolute atomic E-state index is 13.5. The molecule has 0 aliphatic heterocycles. The summed E-state index contributed by atoms with van der Waals surface area (Å²) in [7, 11) is 3.10. The molecule has 6 nitrogen and oxygen atoms in total. The quantitative estimate of drug-likeness (QED) is 0.218. The van der Waals surface area contributed by atoms with Gasteiger partial charge in [0.05, 0.1) is 36.1 Å². The van der Waals surface area contributed by atoms with Gasteiger partial charge in [-0.15, -0.1) is 0 Å². The third kappa shape index (κ3) is 4.50. The number of carbonyl (C=O) groups is 1. The average Bonchev–Trinajstić information content (AvgIpc) is 2.84. The monoisotopic (exact) mass is 460 g/mol. The van der Waals surface area contributed by atoms with Gasteiger partial charge in [-0.25, -0.2) is 4.98 Å². The first-order chi connectivity index (χ1) is 15.9. The van der Waals surface area contributed by atoms with Crippen molar-refractivity contribution in [3.05, 3.63) is 88.2 Å². The van der Waals surface area contributed by atoms with Crippen LogP contribution in [0.15, 0.2) is 76.7 Å². The molecular formula is C26H24N2O4S. The number of aromatic nitrogens is 2. The lowest BCUT2D eigenvalue weighted by Crippen LogP contribution is -2.23. The summed E-state index contributed by atoms with van der Waals surface area (Å²) in [6.45, 7) is 3.81. The summed E-state index contributed by atoms with van der Waals surface area (Å²) >= 11 is 1.25. The van der Waals surface area contributed by atoms with Crippen LogP contribution in [-0.2, 0) is 0 Å². The molecule has 7 heteroatoms. The first-order valence-electron chi connectivity index (χ1n) is 10.4. The number of rotatable bonds is 7. The number of ether oxygens (including phenoxy) is 2. The van der Waals surface area contributed by atoms with Gasteiger partial charge in [0.15, 0.2) is 22.4 Å². The number of methoxy groups -OCH3 is 2. The minimum absolute atomic E-state index is 0.0266. The molecular weight excluding hydrogens is 436 g/mol. The van der Waals surface area contributed by atoms with E-state index in [1.54, 1.807) is 50.6 Å². The summed E-state index contributed by atoms with van der Waals surface area (Å²) in [6.07, 6.45) is 0. The molecule has 0 saturated heterocycles. The van der Waals surface area contributed by atoms with E-state index in [1.165, 1.54) is 16.3 Å². The Morgan fingerprint density at radius 1 is 0.970 bits per heavy atom. The van der Waals surface area contributed by atoms with Crippen molar-refractivity contribution in [2.45, 2.75) is 24.3 Å². The number of carbonyl (C=O) groups excluding carboxylic acids is 1. The summed E-state index contributed by atoms with van der Waals surface area (Å²) in [4.78, 5) is 31.3. The van der Waals surface area contributed by atoms with E-state index < -0.39 is 5.25 Å². The van der Waals surface area contributed by atoms with Crippen molar-refractivity contribution < 1.29 is 14.3 Å². The van der Waals surface area contributed by atoms with Crippen molar-refractivity contribution in [3.8, 4) is 17.2 Å². The minimum Gasteiger partial charge on any atom is -0.493 e. The van der Waals surface area contributed by atoms with Crippen molar-refractivity contribution in [3.63, 3.8) is 0 Å². The third-order valence-corrected chi connectivity index (χ3v) is 6.41. The number of ketones is 1. The molecule has 3 aromatic carbocycles. The molecule has 0 saturated carbocycles. The summed E-state index contributed by atoms with van der Waals surface area (Å²) in [6, 6.07) is 19.9. The van der Waals surface area contributed by atoms with E-state index in [2.05, 4.69) is 0 Å². The van der Waals surface area contributed by atoms with Gasteiger partial charge in [0.25, 0.3) is 5.56 Å². The highest BCUT2D eigenvalue weighted by molar-refractivity contribution is 8.00. The van der Waals surface area contributed by atoms with Crippen molar-refractivity contribution in [1.82, 2.24) is 9.55 Å². The molecule has 4 rings (SSSR count). The Balaban J connectivity index is 1.83. The second-order valence-electron chi connectivity index (χ2n) is 7.58. The smallest absolute Gasteiger partial charge is 0.266 e. The fourth-order valence-corrected chi connectivity index (χ4v) is 4.55. The van der Waals surface area contributed by atoms with Crippen LogP contribution < -0.4 is 15.0 Å². The lowest BCUT2D eigenvalue weighted by atomic mass is 10.1. The summed E-state index contributed by atoms with van der Waals surface area (Å²) in [5, 5.41) is 0.472. The molecule has 1 atom stereocenters. The first-order valence-corrected chi connectivity index (χ1v) is 11.3. The number of para-hydroxylation sites is 1. The highest BCUT2D eigenvalue weighted by atomic mass is 32.2. The van der Waals surface area contributed by atoms with E-state index in [0.717, 1.165) is 5.56 Å². The Kier molecular flexibility index (Phi) is 6.51. The fraction of sp³-hybridized carbons (Fsp3) is 0.192. The largest absolute Gasteiger partial charge is 0.493 e. The Labute approximate surface area is 196 Å². The average molecular weight is 461 g/mol. The molecule has 0 amide bonds. The minimum atomic E-state index is -0.452. The van der Waals surface area contributed by atoms with Crippen molar-refractivity contribution in [1.29, 1.82) is 0 Å². The zero-order valence-electron chi connectivity index (χ0n) is 18.9. The number of hydrogen-bond donors (Lipinski definition) is 0. The number of nitrogens with zero attached hydrogens (tertiary/aromatic N) is 2. The lowest BCUT2D eigenvalue weighted by Gasteiger charge is -2.17. The van der Waals surface area contributed by atoms with Crippen LogP contribution in [0.4, 0.5) is 0 Å². The highest BCUT2D eigenvalue weighted by Gasteiger charge is 2.22. The van der Waals surface area contributed by atoms with Crippen LogP contribution in [0.1, 0.15) is 22.8 Å².